The number of carbonyl (C=O) groups excluding carboxylic acids is 1. The molecule has 0 N–H and O–H groups in total. The molecule has 28 heavy (non-hydrogen) atoms. The molecular formula is C24H29ClN2O. The van der Waals surface area contributed by atoms with Crippen molar-refractivity contribution in [1.82, 2.24) is 9.88 Å². The summed E-state index contributed by atoms with van der Waals surface area (Å²) < 4.78 is 0. The summed E-state index contributed by atoms with van der Waals surface area (Å²) >= 11 is 6.56. The molecule has 4 heteroatoms. The lowest BCUT2D eigenvalue weighted by Crippen LogP contribution is -2.56. The van der Waals surface area contributed by atoms with Gasteiger partial charge in [0.15, 0.2) is 5.78 Å². The molecule has 1 aromatic heterocycles. The second-order valence-corrected chi connectivity index (χ2v) is 10.2. The lowest BCUT2D eigenvalue weighted by atomic mass is 9.49. The second-order valence-electron chi connectivity index (χ2n) is 9.84. The van der Waals surface area contributed by atoms with Gasteiger partial charge in [-0.1, -0.05) is 31.5 Å². The first-order valence-electron chi connectivity index (χ1n) is 10.6. The number of carbonyl (C=O) groups is 1. The van der Waals surface area contributed by atoms with Gasteiger partial charge in [-0.15, -0.1) is 0 Å². The Hall–Kier alpha value is -1.61. The number of ketones is 1. The first kappa shape index (κ1) is 18.4. The first-order chi connectivity index (χ1) is 13.3. The fraction of sp³-hybridized carbons (Fsp3) is 0.583. The van der Waals surface area contributed by atoms with Crippen molar-refractivity contribution in [2.75, 3.05) is 13.6 Å². The molecule has 1 aliphatic heterocycles. The molecule has 0 radical (unpaired) electrons. The largest absolute Gasteiger partial charge is 0.377 e. The van der Waals surface area contributed by atoms with Gasteiger partial charge in [0.1, 0.15) is 0 Å². The van der Waals surface area contributed by atoms with E-state index in [9.17, 15) is 4.79 Å². The molecule has 0 aromatic carbocycles. The SMILES string of the molecule is CN1C[C@@H]2[C@H](CC[C@]3(C)C(c4cnccc4Cl)=CC[C@@H]23)[C@@]2(C)CCC(=O)C=C12. The van der Waals surface area contributed by atoms with Crippen LogP contribution in [0.1, 0.15) is 51.5 Å². The lowest BCUT2D eigenvalue weighted by molar-refractivity contribution is -0.118. The molecule has 0 bridgehead atoms. The molecule has 148 valence electrons. The quantitative estimate of drug-likeness (QED) is 0.639. The summed E-state index contributed by atoms with van der Waals surface area (Å²) in [6, 6.07) is 1.91. The minimum Gasteiger partial charge on any atom is -0.377 e. The Morgan fingerprint density at radius 3 is 2.82 bits per heavy atom. The molecule has 1 saturated heterocycles. The number of likely N-dealkylation sites (tertiary alicyclic amines) is 1. The highest BCUT2D eigenvalue weighted by atomic mass is 35.5. The van der Waals surface area contributed by atoms with Crippen LogP contribution in [-0.4, -0.2) is 29.3 Å². The van der Waals surface area contributed by atoms with E-state index in [0.29, 0.717) is 30.0 Å². The number of nitrogens with zero attached hydrogens (tertiary/aromatic N) is 2. The number of aromatic nitrogens is 1. The average Bonchev–Trinajstić information content (AvgIpc) is 3.01. The number of fused-ring (bicyclic) bond motifs is 5. The van der Waals surface area contributed by atoms with Gasteiger partial charge in [0.2, 0.25) is 0 Å². The smallest absolute Gasteiger partial charge is 0.157 e. The maximum Gasteiger partial charge on any atom is 0.157 e. The number of hydrogen-bond acceptors (Lipinski definition) is 3. The topological polar surface area (TPSA) is 33.2 Å². The highest BCUT2D eigenvalue weighted by Crippen LogP contribution is 2.65. The third kappa shape index (κ3) is 2.41. The maximum absolute atomic E-state index is 12.1. The molecule has 5 rings (SSSR count). The molecule has 1 saturated carbocycles. The van der Waals surface area contributed by atoms with Gasteiger partial charge in [0.05, 0.1) is 5.02 Å². The average molecular weight is 397 g/mol. The number of hydrogen-bond donors (Lipinski definition) is 0. The number of rotatable bonds is 1. The Morgan fingerprint density at radius 1 is 1.21 bits per heavy atom. The summed E-state index contributed by atoms with van der Waals surface area (Å²) in [5.41, 5.74) is 4.11. The zero-order valence-electron chi connectivity index (χ0n) is 17.0. The number of piperidine rings is 1. The van der Waals surface area contributed by atoms with E-state index in [1.807, 2.05) is 18.3 Å². The van der Waals surface area contributed by atoms with Crippen LogP contribution in [0.3, 0.4) is 0 Å². The van der Waals surface area contributed by atoms with Crippen LogP contribution in [0.2, 0.25) is 5.02 Å². The van der Waals surface area contributed by atoms with Crippen LogP contribution < -0.4 is 0 Å². The van der Waals surface area contributed by atoms with Gasteiger partial charge < -0.3 is 4.90 Å². The van der Waals surface area contributed by atoms with Crippen molar-refractivity contribution in [3.05, 3.63) is 46.9 Å². The Morgan fingerprint density at radius 2 is 2.04 bits per heavy atom. The van der Waals surface area contributed by atoms with E-state index >= 15 is 0 Å². The zero-order chi connectivity index (χ0) is 19.7. The van der Waals surface area contributed by atoms with Gasteiger partial charge >= 0.3 is 0 Å². The van der Waals surface area contributed by atoms with E-state index in [4.69, 9.17) is 11.6 Å². The van der Waals surface area contributed by atoms with E-state index in [1.165, 1.54) is 24.1 Å². The van der Waals surface area contributed by atoms with Gasteiger partial charge in [-0.2, -0.15) is 0 Å². The van der Waals surface area contributed by atoms with Crippen molar-refractivity contribution in [3.63, 3.8) is 0 Å². The molecule has 5 atom stereocenters. The summed E-state index contributed by atoms with van der Waals surface area (Å²) in [6.07, 6.45) is 13.3. The normalized spacial score (nSPS) is 39.6. The predicted octanol–water partition coefficient (Wildman–Crippen LogP) is 5.37. The van der Waals surface area contributed by atoms with Gasteiger partial charge in [-0.3, -0.25) is 9.78 Å². The highest BCUT2D eigenvalue weighted by Gasteiger charge is 2.58. The number of pyridine rings is 1. The highest BCUT2D eigenvalue weighted by molar-refractivity contribution is 6.32. The predicted molar refractivity (Wildman–Crippen MR) is 113 cm³/mol. The van der Waals surface area contributed by atoms with Crippen LogP contribution in [0.4, 0.5) is 0 Å². The molecule has 0 amide bonds. The van der Waals surface area contributed by atoms with Crippen molar-refractivity contribution < 1.29 is 4.79 Å². The molecule has 3 aliphatic carbocycles. The maximum atomic E-state index is 12.1. The Bertz CT molecular complexity index is 906. The third-order valence-corrected chi connectivity index (χ3v) is 8.89. The van der Waals surface area contributed by atoms with Gasteiger partial charge in [0, 0.05) is 55.2 Å². The first-order valence-corrected chi connectivity index (χ1v) is 11.0. The van der Waals surface area contributed by atoms with Crippen LogP contribution in [0.25, 0.3) is 5.57 Å². The fourth-order valence-corrected chi connectivity index (χ4v) is 7.34. The summed E-state index contributed by atoms with van der Waals surface area (Å²) in [6.45, 7) is 5.93. The molecule has 3 nitrogen and oxygen atoms in total. The number of halogens is 1. The van der Waals surface area contributed by atoms with Crippen LogP contribution in [0.5, 0.6) is 0 Å². The minimum absolute atomic E-state index is 0.140. The van der Waals surface area contributed by atoms with Crippen molar-refractivity contribution in [2.45, 2.75) is 46.0 Å². The van der Waals surface area contributed by atoms with Crippen LogP contribution in [0.15, 0.2) is 36.3 Å². The molecule has 4 aliphatic rings. The molecule has 0 unspecified atom stereocenters. The van der Waals surface area contributed by atoms with Gasteiger partial charge in [-0.05, 0) is 60.5 Å². The van der Waals surface area contributed by atoms with Crippen LogP contribution in [-0.2, 0) is 4.79 Å². The Kier molecular flexibility index (Phi) is 4.07. The Labute approximate surface area is 172 Å². The van der Waals surface area contributed by atoms with Crippen LogP contribution in [0, 0.1) is 28.6 Å². The molecule has 1 aromatic rings. The Balaban J connectivity index is 1.52. The summed E-state index contributed by atoms with van der Waals surface area (Å²) in [5, 5.41) is 0.814. The standard InChI is InChI=1S/C24H29ClN2O/c1-23-10-7-20-17(14-27(3)22-12-15(28)6-9-24(20,22)2)19(23)5-4-18(23)16-13-26-11-8-21(16)25/h4,8,11-13,17,19-20H,5-7,9-10,14H2,1-3H3/t17-,19-,20-,23+,24+/m0/s1. The molecular weight excluding hydrogens is 368 g/mol. The van der Waals surface area contributed by atoms with E-state index in [-0.39, 0.29) is 10.8 Å². The van der Waals surface area contributed by atoms with Gasteiger partial charge in [-0.25, -0.2) is 0 Å². The second kappa shape index (κ2) is 6.19. The summed E-state index contributed by atoms with van der Waals surface area (Å²) in [5.74, 6) is 2.26. The van der Waals surface area contributed by atoms with Crippen molar-refractivity contribution >= 4 is 23.0 Å². The van der Waals surface area contributed by atoms with Crippen molar-refractivity contribution in [3.8, 4) is 0 Å². The summed E-state index contributed by atoms with van der Waals surface area (Å²) in [4.78, 5) is 18.8. The summed E-state index contributed by atoms with van der Waals surface area (Å²) in [7, 11) is 2.19. The van der Waals surface area contributed by atoms with E-state index < -0.39 is 0 Å². The monoisotopic (exact) mass is 396 g/mol. The number of allylic oxidation sites excluding steroid dienone is 4. The lowest BCUT2D eigenvalue weighted by Gasteiger charge is -2.60. The van der Waals surface area contributed by atoms with Crippen molar-refractivity contribution in [2.24, 2.45) is 28.6 Å². The van der Waals surface area contributed by atoms with E-state index in [2.05, 4.69) is 36.9 Å². The molecule has 2 fully saturated rings. The zero-order valence-corrected chi connectivity index (χ0v) is 17.8. The van der Waals surface area contributed by atoms with Gasteiger partial charge in [0.25, 0.3) is 0 Å². The van der Waals surface area contributed by atoms with Crippen molar-refractivity contribution in [1.29, 1.82) is 0 Å². The third-order valence-electron chi connectivity index (χ3n) is 8.56. The van der Waals surface area contributed by atoms with Crippen LogP contribution >= 0.6 is 11.6 Å². The van der Waals surface area contributed by atoms with E-state index in [0.717, 1.165) is 30.0 Å². The fourth-order valence-electron chi connectivity index (χ4n) is 7.13. The molecule has 2 heterocycles. The van der Waals surface area contributed by atoms with E-state index in [1.54, 1.807) is 6.20 Å². The molecule has 0 spiro atoms. The minimum atomic E-state index is 0.140.